The Hall–Kier alpha value is -2.06. The van der Waals surface area contributed by atoms with Crippen LogP contribution in [0, 0.1) is 0 Å². The van der Waals surface area contributed by atoms with Crippen molar-refractivity contribution in [2.45, 2.75) is 13.2 Å². The number of likely N-dealkylation sites (N-methyl/N-ethyl adjacent to an activating group) is 1. The van der Waals surface area contributed by atoms with Crippen molar-refractivity contribution in [3.05, 3.63) is 41.4 Å². The molecule has 22 heavy (non-hydrogen) atoms. The van der Waals surface area contributed by atoms with Crippen LogP contribution in [0.4, 0.5) is 13.9 Å². The molecule has 0 aliphatic carbocycles. The molecule has 5 nitrogen and oxygen atoms in total. The van der Waals surface area contributed by atoms with Crippen molar-refractivity contribution in [2.24, 2.45) is 0 Å². The number of thiazole rings is 1. The van der Waals surface area contributed by atoms with Gasteiger partial charge >= 0.3 is 6.61 Å². The summed E-state index contributed by atoms with van der Waals surface area (Å²) in [5, 5.41) is 5.03. The van der Waals surface area contributed by atoms with Crippen LogP contribution >= 0.6 is 11.3 Å². The van der Waals surface area contributed by atoms with Crippen LogP contribution in [-0.4, -0.2) is 36.0 Å². The van der Waals surface area contributed by atoms with Gasteiger partial charge in [0.1, 0.15) is 5.75 Å². The number of alkyl halides is 2. The highest BCUT2D eigenvalue weighted by Gasteiger charge is 2.09. The number of nitrogens with zero attached hydrogens (tertiary/aromatic N) is 2. The van der Waals surface area contributed by atoms with Gasteiger partial charge in [-0.15, -0.1) is 11.3 Å². The SMILES string of the molecule is CN(CC(=O)Nc1nccs1)Cc1ccc(OC(F)F)cc1. The molecule has 1 N–H and O–H groups in total. The number of anilines is 1. The van der Waals surface area contributed by atoms with E-state index in [1.807, 2.05) is 4.90 Å². The molecule has 1 amide bonds. The van der Waals surface area contributed by atoms with E-state index in [0.29, 0.717) is 11.7 Å². The minimum absolute atomic E-state index is 0.114. The van der Waals surface area contributed by atoms with Gasteiger partial charge in [0.15, 0.2) is 5.13 Å². The van der Waals surface area contributed by atoms with E-state index in [4.69, 9.17) is 0 Å². The minimum Gasteiger partial charge on any atom is -0.435 e. The van der Waals surface area contributed by atoms with Crippen LogP contribution in [0.25, 0.3) is 0 Å². The molecule has 0 fully saturated rings. The fourth-order valence-corrected chi connectivity index (χ4v) is 2.38. The second kappa shape index (κ2) is 7.81. The predicted molar refractivity (Wildman–Crippen MR) is 80.2 cm³/mol. The van der Waals surface area contributed by atoms with Gasteiger partial charge in [-0.25, -0.2) is 4.98 Å². The standard InChI is InChI=1S/C14H15F2N3O2S/c1-19(9-12(20)18-14-17-6-7-22-14)8-10-2-4-11(5-3-10)21-13(15)16/h2-7,13H,8-9H2,1H3,(H,17,18,20). The Morgan fingerprint density at radius 3 is 2.73 bits per heavy atom. The first-order chi connectivity index (χ1) is 10.5. The van der Waals surface area contributed by atoms with E-state index in [2.05, 4.69) is 15.0 Å². The zero-order valence-electron chi connectivity index (χ0n) is 11.8. The van der Waals surface area contributed by atoms with Gasteiger partial charge in [0.2, 0.25) is 5.91 Å². The number of benzene rings is 1. The Kier molecular flexibility index (Phi) is 5.79. The molecule has 8 heteroatoms. The number of aromatic nitrogens is 1. The summed E-state index contributed by atoms with van der Waals surface area (Å²) in [4.78, 5) is 17.6. The summed E-state index contributed by atoms with van der Waals surface area (Å²) in [6, 6.07) is 6.33. The van der Waals surface area contributed by atoms with Crippen molar-refractivity contribution < 1.29 is 18.3 Å². The van der Waals surface area contributed by atoms with Gasteiger partial charge in [-0.3, -0.25) is 9.69 Å². The Balaban J connectivity index is 1.81. The van der Waals surface area contributed by atoms with Crippen LogP contribution in [0.3, 0.4) is 0 Å². The molecular weight excluding hydrogens is 312 g/mol. The summed E-state index contributed by atoms with van der Waals surface area (Å²) in [7, 11) is 1.80. The summed E-state index contributed by atoms with van der Waals surface area (Å²) in [5.74, 6) is -0.0435. The maximum Gasteiger partial charge on any atom is 0.387 e. The van der Waals surface area contributed by atoms with Gasteiger partial charge in [-0.2, -0.15) is 8.78 Å². The molecule has 1 heterocycles. The van der Waals surface area contributed by atoms with E-state index in [1.54, 1.807) is 30.8 Å². The lowest BCUT2D eigenvalue weighted by molar-refractivity contribution is -0.117. The molecule has 0 radical (unpaired) electrons. The molecule has 2 aromatic rings. The highest BCUT2D eigenvalue weighted by Crippen LogP contribution is 2.16. The molecule has 1 aromatic heterocycles. The summed E-state index contributed by atoms with van der Waals surface area (Å²) < 4.78 is 28.4. The summed E-state index contributed by atoms with van der Waals surface area (Å²) in [6.45, 7) is -2.11. The lowest BCUT2D eigenvalue weighted by atomic mass is 10.2. The monoisotopic (exact) mass is 327 g/mol. The van der Waals surface area contributed by atoms with Gasteiger partial charge in [0, 0.05) is 18.1 Å². The minimum atomic E-state index is -2.83. The Morgan fingerprint density at radius 1 is 1.41 bits per heavy atom. The van der Waals surface area contributed by atoms with Crippen LogP contribution in [0.2, 0.25) is 0 Å². The van der Waals surface area contributed by atoms with Crippen LogP contribution in [-0.2, 0) is 11.3 Å². The summed E-state index contributed by atoms with van der Waals surface area (Å²) in [5.41, 5.74) is 0.895. The van der Waals surface area contributed by atoms with Gasteiger partial charge < -0.3 is 10.1 Å². The van der Waals surface area contributed by atoms with Crippen molar-refractivity contribution in [1.82, 2.24) is 9.88 Å². The molecule has 118 valence electrons. The molecule has 2 rings (SSSR count). The first kappa shape index (κ1) is 16.3. The van der Waals surface area contributed by atoms with Crippen molar-refractivity contribution in [3.8, 4) is 5.75 Å². The van der Waals surface area contributed by atoms with E-state index in [0.717, 1.165) is 5.56 Å². The van der Waals surface area contributed by atoms with Crippen LogP contribution in [0.15, 0.2) is 35.8 Å². The number of rotatable bonds is 7. The van der Waals surface area contributed by atoms with Crippen molar-refractivity contribution in [1.29, 1.82) is 0 Å². The molecule has 0 aliphatic rings. The number of ether oxygens (including phenoxy) is 1. The van der Waals surface area contributed by atoms with Crippen LogP contribution in [0.5, 0.6) is 5.75 Å². The fourth-order valence-electron chi connectivity index (χ4n) is 1.83. The van der Waals surface area contributed by atoms with Crippen LogP contribution < -0.4 is 10.1 Å². The van der Waals surface area contributed by atoms with Gasteiger partial charge in [0.25, 0.3) is 0 Å². The molecule has 0 spiro atoms. The van der Waals surface area contributed by atoms with E-state index < -0.39 is 6.61 Å². The first-order valence-corrected chi connectivity index (χ1v) is 7.32. The van der Waals surface area contributed by atoms with Gasteiger partial charge in [-0.1, -0.05) is 12.1 Å². The number of hydrogen-bond donors (Lipinski definition) is 1. The lowest BCUT2D eigenvalue weighted by Crippen LogP contribution is -2.29. The average molecular weight is 327 g/mol. The maximum atomic E-state index is 12.1. The second-order valence-electron chi connectivity index (χ2n) is 4.58. The zero-order chi connectivity index (χ0) is 15.9. The predicted octanol–water partition coefficient (Wildman–Crippen LogP) is 2.82. The highest BCUT2D eigenvalue weighted by molar-refractivity contribution is 7.13. The van der Waals surface area contributed by atoms with Crippen molar-refractivity contribution >= 4 is 22.4 Å². The third-order valence-corrected chi connectivity index (χ3v) is 3.38. The van der Waals surface area contributed by atoms with Gasteiger partial charge in [0.05, 0.1) is 6.54 Å². The van der Waals surface area contributed by atoms with E-state index in [-0.39, 0.29) is 18.2 Å². The highest BCUT2D eigenvalue weighted by atomic mass is 32.1. The summed E-state index contributed by atoms with van der Waals surface area (Å²) >= 11 is 1.35. The quantitative estimate of drug-likeness (QED) is 0.850. The average Bonchev–Trinajstić information content (AvgIpc) is 2.93. The summed E-state index contributed by atoms with van der Waals surface area (Å²) in [6.07, 6.45) is 1.62. The largest absolute Gasteiger partial charge is 0.435 e. The van der Waals surface area contributed by atoms with Crippen molar-refractivity contribution in [3.63, 3.8) is 0 Å². The third-order valence-electron chi connectivity index (χ3n) is 2.69. The number of nitrogens with one attached hydrogen (secondary N) is 1. The third kappa shape index (κ3) is 5.38. The van der Waals surface area contributed by atoms with E-state index in [1.165, 1.54) is 23.5 Å². The topological polar surface area (TPSA) is 54.5 Å². The number of halogens is 2. The normalized spacial score (nSPS) is 11.0. The smallest absolute Gasteiger partial charge is 0.387 e. The number of carbonyl (C=O) groups is 1. The zero-order valence-corrected chi connectivity index (χ0v) is 12.6. The van der Waals surface area contributed by atoms with E-state index in [9.17, 15) is 13.6 Å². The molecule has 0 bridgehead atoms. The Labute approximate surface area is 130 Å². The Morgan fingerprint density at radius 2 is 2.14 bits per heavy atom. The molecule has 0 atom stereocenters. The van der Waals surface area contributed by atoms with E-state index >= 15 is 0 Å². The Bertz CT molecular complexity index is 591. The second-order valence-corrected chi connectivity index (χ2v) is 5.47. The molecule has 1 aromatic carbocycles. The number of hydrogen-bond acceptors (Lipinski definition) is 5. The van der Waals surface area contributed by atoms with Crippen LogP contribution in [0.1, 0.15) is 5.56 Å². The first-order valence-electron chi connectivity index (χ1n) is 6.44. The van der Waals surface area contributed by atoms with Gasteiger partial charge in [-0.05, 0) is 24.7 Å². The molecule has 0 aliphatic heterocycles. The maximum absolute atomic E-state index is 12.1. The number of amides is 1. The molecule has 0 saturated heterocycles. The fraction of sp³-hybridized carbons (Fsp3) is 0.286. The molecule has 0 unspecified atom stereocenters. The molecular formula is C14H15F2N3O2S. The molecule has 0 saturated carbocycles. The number of carbonyl (C=O) groups excluding carboxylic acids is 1. The van der Waals surface area contributed by atoms with Crippen molar-refractivity contribution in [2.75, 3.05) is 18.9 Å². The lowest BCUT2D eigenvalue weighted by Gasteiger charge is -2.16.